The molecule has 0 aliphatic heterocycles. The fraction of sp³-hybridized carbons (Fsp3) is 0.333. The van der Waals surface area contributed by atoms with Gasteiger partial charge in [0.25, 0.3) is 0 Å². The quantitative estimate of drug-likeness (QED) is 0.566. The summed E-state index contributed by atoms with van der Waals surface area (Å²) >= 11 is 0. The van der Waals surface area contributed by atoms with Crippen LogP contribution in [0.2, 0.25) is 0 Å². The van der Waals surface area contributed by atoms with Crippen molar-refractivity contribution in [1.29, 1.82) is 0 Å². The third-order valence-electron chi connectivity index (χ3n) is 3.47. The number of hydrogen-bond donors (Lipinski definition) is 0. The summed E-state index contributed by atoms with van der Waals surface area (Å²) in [6.45, 7) is 6.49. The average Bonchev–Trinajstić information content (AvgIpc) is 2.52. The molecule has 0 N–H and O–H groups in total. The van der Waals surface area contributed by atoms with Crippen LogP contribution in [0.15, 0.2) is 41.3 Å². The van der Waals surface area contributed by atoms with E-state index in [4.69, 9.17) is 13.7 Å². The molecule has 130 valence electrons. The third-order valence-corrected chi connectivity index (χ3v) is 4.70. The van der Waals surface area contributed by atoms with Gasteiger partial charge in [-0.3, -0.25) is 0 Å². The summed E-state index contributed by atoms with van der Waals surface area (Å²) in [5, 5.41) is 0. The highest BCUT2D eigenvalue weighted by Gasteiger charge is 2.19. The van der Waals surface area contributed by atoms with Crippen molar-refractivity contribution >= 4 is 10.1 Å². The molecule has 0 bridgehead atoms. The van der Waals surface area contributed by atoms with Crippen LogP contribution in [0.5, 0.6) is 11.5 Å². The summed E-state index contributed by atoms with van der Waals surface area (Å²) < 4.78 is 40.6. The first-order chi connectivity index (χ1) is 11.3. The lowest BCUT2D eigenvalue weighted by atomic mass is 10.1. The molecule has 0 spiro atoms. The van der Waals surface area contributed by atoms with Crippen molar-refractivity contribution in [3.8, 4) is 11.5 Å². The minimum absolute atomic E-state index is 0.0842. The van der Waals surface area contributed by atoms with E-state index in [0.29, 0.717) is 24.7 Å². The van der Waals surface area contributed by atoms with Crippen molar-refractivity contribution in [3.63, 3.8) is 0 Å². The van der Waals surface area contributed by atoms with Gasteiger partial charge in [-0.05, 0) is 56.2 Å². The molecule has 0 aliphatic carbocycles. The van der Waals surface area contributed by atoms with Crippen LogP contribution in [0.25, 0.3) is 0 Å². The zero-order valence-corrected chi connectivity index (χ0v) is 15.1. The monoisotopic (exact) mass is 350 g/mol. The molecule has 0 radical (unpaired) electrons. The maximum Gasteiger partial charge on any atom is 0.339 e. The molecule has 0 heterocycles. The minimum Gasteiger partial charge on any atom is -0.491 e. The Balaban J connectivity index is 2.19. The topological polar surface area (TPSA) is 61.8 Å². The Morgan fingerprint density at radius 1 is 0.917 bits per heavy atom. The van der Waals surface area contributed by atoms with Crippen molar-refractivity contribution in [2.75, 3.05) is 20.3 Å². The average molecular weight is 350 g/mol. The summed E-state index contributed by atoms with van der Waals surface area (Å²) in [5.41, 5.74) is 2.64. The maximum absolute atomic E-state index is 12.5. The molecule has 2 aromatic carbocycles. The molecule has 6 heteroatoms. The van der Waals surface area contributed by atoms with E-state index in [1.165, 1.54) is 12.1 Å². The van der Waals surface area contributed by atoms with Gasteiger partial charge in [0.15, 0.2) is 0 Å². The maximum atomic E-state index is 12.5. The van der Waals surface area contributed by atoms with Crippen LogP contribution < -0.4 is 8.92 Å². The molecule has 0 saturated carbocycles. The molecule has 0 aliphatic rings. The zero-order chi connectivity index (χ0) is 17.7. The second-order valence-electron chi connectivity index (χ2n) is 5.58. The first kappa shape index (κ1) is 18.3. The minimum atomic E-state index is -3.89. The van der Waals surface area contributed by atoms with E-state index >= 15 is 0 Å². The number of hydrogen-bond acceptors (Lipinski definition) is 5. The molecule has 5 nitrogen and oxygen atoms in total. The molecule has 24 heavy (non-hydrogen) atoms. The van der Waals surface area contributed by atoms with Crippen molar-refractivity contribution in [2.24, 2.45) is 0 Å². The SMILES string of the molecule is COCCOc1ccc(S(=O)(=O)Oc2c(C)cc(C)cc2C)cc1. The molecule has 2 rings (SSSR count). The highest BCUT2D eigenvalue weighted by atomic mass is 32.2. The van der Waals surface area contributed by atoms with E-state index in [-0.39, 0.29) is 4.90 Å². The van der Waals surface area contributed by atoms with Crippen LogP contribution in [0.1, 0.15) is 16.7 Å². The number of rotatable bonds is 7. The lowest BCUT2D eigenvalue weighted by Gasteiger charge is -2.13. The highest BCUT2D eigenvalue weighted by Crippen LogP contribution is 2.28. The molecule has 0 fully saturated rings. The van der Waals surface area contributed by atoms with Crippen molar-refractivity contribution in [3.05, 3.63) is 53.1 Å². The Morgan fingerprint density at radius 2 is 1.50 bits per heavy atom. The number of aryl methyl sites for hydroxylation is 3. The molecule has 0 saturated heterocycles. The van der Waals surface area contributed by atoms with Crippen LogP contribution in [0.4, 0.5) is 0 Å². The fourth-order valence-electron chi connectivity index (χ4n) is 2.40. The van der Waals surface area contributed by atoms with Crippen LogP contribution in [-0.4, -0.2) is 28.7 Å². The second kappa shape index (κ2) is 7.68. The second-order valence-corrected chi connectivity index (χ2v) is 7.12. The molecule has 0 amide bonds. The zero-order valence-electron chi connectivity index (χ0n) is 14.3. The summed E-state index contributed by atoms with van der Waals surface area (Å²) in [7, 11) is -2.30. The van der Waals surface area contributed by atoms with Gasteiger partial charge < -0.3 is 13.7 Å². The first-order valence-electron chi connectivity index (χ1n) is 7.57. The predicted molar refractivity (Wildman–Crippen MR) is 92.3 cm³/mol. The Bertz CT molecular complexity index is 772. The van der Waals surface area contributed by atoms with Crippen LogP contribution in [-0.2, 0) is 14.9 Å². The van der Waals surface area contributed by atoms with Gasteiger partial charge >= 0.3 is 10.1 Å². The van der Waals surface area contributed by atoms with E-state index in [9.17, 15) is 8.42 Å². The first-order valence-corrected chi connectivity index (χ1v) is 8.98. The highest BCUT2D eigenvalue weighted by molar-refractivity contribution is 7.87. The van der Waals surface area contributed by atoms with Gasteiger partial charge in [0.1, 0.15) is 23.0 Å². The molecular weight excluding hydrogens is 328 g/mol. The number of benzene rings is 2. The summed E-state index contributed by atoms with van der Waals surface area (Å²) in [6.07, 6.45) is 0. The summed E-state index contributed by atoms with van der Waals surface area (Å²) in [6, 6.07) is 9.92. The lowest BCUT2D eigenvalue weighted by Crippen LogP contribution is -2.11. The van der Waals surface area contributed by atoms with E-state index in [0.717, 1.165) is 16.7 Å². The third kappa shape index (κ3) is 4.49. The predicted octanol–water partition coefficient (Wildman–Crippen LogP) is 3.40. The van der Waals surface area contributed by atoms with E-state index in [2.05, 4.69) is 0 Å². The Morgan fingerprint density at radius 3 is 2.04 bits per heavy atom. The van der Waals surface area contributed by atoms with E-state index in [1.807, 2.05) is 32.9 Å². The summed E-state index contributed by atoms with van der Waals surface area (Å²) in [5.74, 6) is 0.953. The molecule has 0 unspecified atom stereocenters. The van der Waals surface area contributed by atoms with Crippen molar-refractivity contribution in [2.45, 2.75) is 25.7 Å². The fourth-order valence-corrected chi connectivity index (χ4v) is 3.45. The Labute approximate surface area is 143 Å². The van der Waals surface area contributed by atoms with E-state index < -0.39 is 10.1 Å². The Hall–Kier alpha value is -2.05. The molecular formula is C18H22O5S. The summed E-state index contributed by atoms with van der Waals surface area (Å²) in [4.78, 5) is 0.0842. The van der Waals surface area contributed by atoms with Gasteiger partial charge in [-0.15, -0.1) is 0 Å². The van der Waals surface area contributed by atoms with E-state index in [1.54, 1.807) is 19.2 Å². The number of ether oxygens (including phenoxy) is 2. The van der Waals surface area contributed by atoms with Gasteiger partial charge in [-0.25, -0.2) is 0 Å². The standard InChI is InChI=1S/C18H22O5S/c1-13-11-14(2)18(15(3)12-13)23-24(19,20)17-7-5-16(6-8-17)22-10-9-21-4/h5-8,11-12H,9-10H2,1-4H3. The van der Waals surface area contributed by atoms with Crippen LogP contribution in [0, 0.1) is 20.8 Å². The largest absolute Gasteiger partial charge is 0.491 e. The van der Waals surface area contributed by atoms with Gasteiger partial charge in [0, 0.05) is 7.11 Å². The van der Waals surface area contributed by atoms with Crippen molar-refractivity contribution in [1.82, 2.24) is 0 Å². The number of methoxy groups -OCH3 is 1. The van der Waals surface area contributed by atoms with Gasteiger partial charge in [-0.1, -0.05) is 17.7 Å². The smallest absolute Gasteiger partial charge is 0.339 e. The molecule has 0 atom stereocenters. The van der Waals surface area contributed by atoms with Crippen LogP contribution >= 0.6 is 0 Å². The van der Waals surface area contributed by atoms with Gasteiger partial charge in [-0.2, -0.15) is 8.42 Å². The van der Waals surface area contributed by atoms with Crippen LogP contribution in [0.3, 0.4) is 0 Å². The molecule has 0 aromatic heterocycles. The Kier molecular flexibility index (Phi) is 5.85. The van der Waals surface area contributed by atoms with Gasteiger partial charge in [0.2, 0.25) is 0 Å². The van der Waals surface area contributed by atoms with Crippen molar-refractivity contribution < 1.29 is 22.1 Å². The lowest BCUT2D eigenvalue weighted by molar-refractivity contribution is 0.146. The van der Waals surface area contributed by atoms with Gasteiger partial charge in [0.05, 0.1) is 6.61 Å². The molecule has 2 aromatic rings. The normalized spacial score (nSPS) is 11.3.